The average Bonchev–Trinajstić information content (AvgIpc) is 2.79. The number of aromatic nitrogens is 1. The Morgan fingerprint density at radius 1 is 1.39 bits per heavy atom. The Labute approximate surface area is 115 Å². The van der Waals surface area contributed by atoms with Crippen molar-refractivity contribution in [2.24, 2.45) is 5.92 Å². The molecule has 0 saturated carbocycles. The van der Waals surface area contributed by atoms with Crippen molar-refractivity contribution >= 4 is 22.5 Å². The number of nitrogens with one attached hydrogen (secondary N) is 1. The van der Waals surface area contributed by atoms with Crippen LogP contribution >= 0.6 is 11.3 Å². The van der Waals surface area contributed by atoms with E-state index in [0.717, 1.165) is 31.3 Å². The molecule has 4 heteroatoms. The second-order valence-corrected chi connectivity index (χ2v) is 5.71. The molecule has 0 aliphatic rings. The van der Waals surface area contributed by atoms with E-state index in [2.05, 4.69) is 55.0 Å². The second kappa shape index (κ2) is 8.27. The van der Waals surface area contributed by atoms with Gasteiger partial charge < -0.3 is 10.2 Å². The minimum atomic E-state index is 0.705. The average molecular weight is 267 g/mol. The number of nitrogens with zero attached hydrogens (tertiary/aromatic N) is 2. The van der Waals surface area contributed by atoms with Gasteiger partial charge in [0.1, 0.15) is 0 Å². The predicted molar refractivity (Wildman–Crippen MR) is 82.4 cm³/mol. The van der Waals surface area contributed by atoms with Gasteiger partial charge in [-0.15, -0.1) is 0 Å². The lowest BCUT2D eigenvalue weighted by atomic mass is 10.2. The Morgan fingerprint density at radius 3 is 2.72 bits per heavy atom. The molecule has 0 aliphatic carbocycles. The van der Waals surface area contributed by atoms with E-state index in [1.807, 2.05) is 6.20 Å². The zero-order valence-corrected chi connectivity index (χ0v) is 12.8. The van der Waals surface area contributed by atoms with Crippen molar-refractivity contribution in [1.29, 1.82) is 0 Å². The Morgan fingerprint density at radius 2 is 2.11 bits per heavy atom. The van der Waals surface area contributed by atoms with E-state index in [-0.39, 0.29) is 0 Å². The van der Waals surface area contributed by atoms with Crippen molar-refractivity contribution in [3.63, 3.8) is 0 Å². The zero-order valence-electron chi connectivity index (χ0n) is 11.9. The van der Waals surface area contributed by atoms with E-state index in [1.165, 1.54) is 4.88 Å². The normalized spacial score (nSPS) is 11.6. The number of hydrogen-bond donors (Lipinski definition) is 1. The summed E-state index contributed by atoms with van der Waals surface area (Å²) >= 11 is 1.75. The maximum absolute atomic E-state index is 4.46. The van der Waals surface area contributed by atoms with Crippen LogP contribution in [0.4, 0.5) is 5.13 Å². The summed E-state index contributed by atoms with van der Waals surface area (Å²) in [5, 5.41) is 4.51. The minimum absolute atomic E-state index is 0.705. The number of hydrogen-bond acceptors (Lipinski definition) is 4. The third-order valence-electron chi connectivity index (χ3n) is 2.64. The van der Waals surface area contributed by atoms with Gasteiger partial charge in [-0.3, -0.25) is 0 Å². The van der Waals surface area contributed by atoms with Crippen molar-refractivity contribution in [3.05, 3.63) is 17.2 Å². The van der Waals surface area contributed by atoms with Crippen molar-refractivity contribution < 1.29 is 0 Å². The molecule has 0 saturated heterocycles. The number of anilines is 1. The molecule has 3 nitrogen and oxygen atoms in total. The van der Waals surface area contributed by atoms with Crippen LogP contribution in [0.3, 0.4) is 0 Å². The Kier molecular flexibility index (Phi) is 6.98. The van der Waals surface area contributed by atoms with Gasteiger partial charge in [0, 0.05) is 30.7 Å². The van der Waals surface area contributed by atoms with E-state index in [0.29, 0.717) is 5.92 Å². The zero-order chi connectivity index (χ0) is 13.4. The Hall–Kier alpha value is -0.870. The smallest absolute Gasteiger partial charge is 0.185 e. The van der Waals surface area contributed by atoms with Crippen LogP contribution in [-0.2, 0) is 0 Å². The summed E-state index contributed by atoms with van der Waals surface area (Å²) in [5.41, 5.74) is 0. The van der Waals surface area contributed by atoms with Gasteiger partial charge in [-0.05, 0) is 32.4 Å². The van der Waals surface area contributed by atoms with Crippen molar-refractivity contribution in [3.8, 4) is 0 Å². The molecule has 18 heavy (non-hydrogen) atoms. The van der Waals surface area contributed by atoms with Crippen molar-refractivity contribution in [2.45, 2.75) is 27.7 Å². The van der Waals surface area contributed by atoms with Crippen LogP contribution in [0.25, 0.3) is 6.08 Å². The van der Waals surface area contributed by atoms with Crippen LogP contribution < -0.4 is 10.2 Å². The molecule has 0 atom stereocenters. The molecule has 1 rings (SSSR count). The summed E-state index contributed by atoms with van der Waals surface area (Å²) in [6, 6.07) is 0. The molecule has 1 aromatic heterocycles. The van der Waals surface area contributed by atoms with Crippen LogP contribution in [-0.4, -0.2) is 31.2 Å². The highest BCUT2D eigenvalue weighted by atomic mass is 32.1. The molecule has 0 unspecified atom stereocenters. The summed E-state index contributed by atoms with van der Waals surface area (Å²) in [7, 11) is 0. The fourth-order valence-electron chi connectivity index (χ4n) is 1.62. The molecule has 0 aromatic carbocycles. The maximum Gasteiger partial charge on any atom is 0.185 e. The molecule has 0 amide bonds. The van der Waals surface area contributed by atoms with Gasteiger partial charge in [0.25, 0.3) is 0 Å². The SMILES string of the molecule is CCN(CC)c1ncc(C=CCNCC(C)C)s1. The molecule has 0 spiro atoms. The van der Waals surface area contributed by atoms with Crippen LogP contribution in [0.5, 0.6) is 0 Å². The van der Waals surface area contributed by atoms with Gasteiger partial charge in [0.15, 0.2) is 5.13 Å². The molecule has 0 fully saturated rings. The van der Waals surface area contributed by atoms with E-state index >= 15 is 0 Å². The standard InChI is InChI=1S/C14H25N3S/c1-5-17(6-2)14-16-11-13(18-14)8-7-9-15-10-12(3)4/h7-8,11-12,15H,5-6,9-10H2,1-4H3. The lowest BCUT2D eigenvalue weighted by molar-refractivity contribution is 0.577. The topological polar surface area (TPSA) is 28.2 Å². The first kappa shape index (κ1) is 15.2. The highest BCUT2D eigenvalue weighted by Crippen LogP contribution is 2.22. The van der Waals surface area contributed by atoms with Gasteiger partial charge in [0.2, 0.25) is 0 Å². The van der Waals surface area contributed by atoms with Gasteiger partial charge in [0.05, 0.1) is 0 Å². The quantitative estimate of drug-likeness (QED) is 0.733. The first-order chi connectivity index (χ1) is 8.67. The molecule has 1 heterocycles. The van der Waals surface area contributed by atoms with E-state index in [1.54, 1.807) is 11.3 Å². The van der Waals surface area contributed by atoms with E-state index < -0.39 is 0 Å². The number of thiazole rings is 1. The van der Waals surface area contributed by atoms with Crippen LogP contribution in [0, 0.1) is 5.92 Å². The van der Waals surface area contributed by atoms with Gasteiger partial charge in [-0.1, -0.05) is 31.3 Å². The number of rotatable bonds is 8. The van der Waals surface area contributed by atoms with E-state index in [4.69, 9.17) is 0 Å². The fourth-order valence-corrected chi connectivity index (χ4v) is 2.60. The lowest BCUT2D eigenvalue weighted by Gasteiger charge is -2.16. The monoisotopic (exact) mass is 267 g/mol. The first-order valence-corrected chi connectivity index (χ1v) is 7.57. The molecular weight excluding hydrogens is 242 g/mol. The Bertz CT molecular complexity index is 354. The summed E-state index contributed by atoms with van der Waals surface area (Å²) in [6.45, 7) is 12.8. The van der Waals surface area contributed by atoms with Crippen molar-refractivity contribution in [2.75, 3.05) is 31.1 Å². The third-order valence-corrected chi connectivity index (χ3v) is 3.67. The summed E-state index contributed by atoms with van der Waals surface area (Å²) in [5.74, 6) is 0.705. The van der Waals surface area contributed by atoms with Gasteiger partial charge in [-0.2, -0.15) is 0 Å². The third kappa shape index (κ3) is 5.19. The lowest BCUT2D eigenvalue weighted by Crippen LogP contribution is -2.21. The summed E-state index contributed by atoms with van der Waals surface area (Å²) in [6.07, 6.45) is 6.27. The fraction of sp³-hybridized carbons (Fsp3) is 0.643. The molecule has 0 aliphatic heterocycles. The minimum Gasteiger partial charge on any atom is -0.349 e. The highest BCUT2D eigenvalue weighted by molar-refractivity contribution is 7.16. The predicted octanol–water partition coefficient (Wildman–Crippen LogP) is 3.25. The van der Waals surface area contributed by atoms with Gasteiger partial charge in [-0.25, -0.2) is 4.98 Å². The largest absolute Gasteiger partial charge is 0.349 e. The highest BCUT2D eigenvalue weighted by Gasteiger charge is 2.05. The molecule has 1 N–H and O–H groups in total. The van der Waals surface area contributed by atoms with Crippen LogP contribution in [0.1, 0.15) is 32.6 Å². The molecule has 102 valence electrons. The second-order valence-electron chi connectivity index (χ2n) is 4.67. The summed E-state index contributed by atoms with van der Waals surface area (Å²) < 4.78 is 0. The molecule has 0 radical (unpaired) electrons. The van der Waals surface area contributed by atoms with Crippen LogP contribution in [0.2, 0.25) is 0 Å². The first-order valence-electron chi connectivity index (χ1n) is 6.75. The van der Waals surface area contributed by atoms with E-state index in [9.17, 15) is 0 Å². The Balaban J connectivity index is 2.41. The maximum atomic E-state index is 4.46. The summed E-state index contributed by atoms with van der Waals surface area (Å²) in [4.78, 5) is 7.96. The molecule has 0 bridgehead atoms. The van der Waals surface area contributed by atoms with Crippen LogP contribution in [0.15, 0.2) is 12.3 Å². The molecular formula is C14H25N3S. The van der Waals surface area contributed by atoms with Gasteiger partial charge >= 0.3 is 0 Å². The molecule has 1 aromatic rings. The van der Waals surface area contributed by atoms with Crippen molar-refractivity contribution in [1.82, 2.24) is 10.3 Å².